The molecule has 1 amide bonds. The van der Waals surface area contributed by atoms with Gasteiger partial charge < -0.3 is 19.3 Å². The van der Waals surface area contributed by atoms with Crippen LogP contribution in [0, 0.1) is 5.82 Å². The Morgan fingerprint density at radius 3 is 3.00 bits per heavy atom. The number of rotatable bonds is 2. The Hall–Kier alpha value is -1.73. The fraction of sp³-hybridized carbons (Fsp3) is 0.667. The van der Waals surface area contributed by atoms with Crippen molar-refractivity contribution in [2.75, 3.05) is 44.3 Å². The molecule has 0 unspecified atom stereocenters. The number of nitrogens with zero attached hydrogens (tertiary/aromatic N) is 3. The summed E-state index contributed by atoms with van der Waals surface area (Å²) < 4.78 is 25.8. The molecule has 3 saturated heterocycles. The zero-order chi connectivity index (χ0) is 17.3. The van der Waals surface area contributed by atoms with Crippen LogP contribution in [0.15, 0.2) is 18.3 Å². The largest absolute Gasteiger partial charge is 0.369 e. The van der Waals surface area contributed by atoms with Gasteiger partial charge in [-0.3, -0.25) is 4.79 Å². The minimum absolute atomic E-state index is 0.0707. The van der Waals surface area contributed by atoms with E-state index in [1.807, 2.05) is 9.80 Å². The van der Waals surface area contributed by atoms with Crippen LogP contribution in [0.2, 0.25) is 0 Å². The van der Waals surface area contributed by atoms with E-state index in [-0.39, 0.29) is 17.8 Å². The first-order valence-electron chi connectivity index (χ1n) is 9.07. The number of aromatic nitrogens is 1. The molecule has 1 spiro atoms. The molecule has 7 heteroatoms. The van der Waals surface area contributed by atoms with Gasteiger partial charge >= 0.3 is 0 Å². The van der Waals surface area contributed by atoms with Gasteiger partial charge in [0.25, 0.3) is 5.91 Å². The fourth-order valence-corrected chi connectivity index (χ4v) is 4.14. The minimum atomic E-state index is -0.450. The number of carbonyl (C=O) groups excluding carboxylic acids is 1. The Morgan fingerprint density at radius 2 is 2.20 bits per heavy atom. The Kier molecular flexibility index (Phi) is 4.60. The predicted molar refractivity (Wildman–Crippen MR) is 89.9 cm³/mol. The number of hydrogen-bond acceptors (Lipinski definition) is 5. The van der Waals surface area contributed by atoms with Gasteiger partial charge in [-0.2, -0.15) is 0 Å². The number of anilines is 1. The van der Waals surface area contributed by atoms with Gasteiger partial charge in [0.1, 0.15) is 11.7 Å². The van der Waals surface area contributed by atoms with Gasteiger partial charge in [-0.1, -0.05) is 0 Å². The fourth-order valence-electron chi connectivity index (χ4n) is 4.14. The van der Waals surface area contributed by atoms with Crippen molar-refractivity contribution in [3.63, 3.8) is 0 Å². The highest BCUT2D eigenvalue weighted by Crippen LogP contribution is 2.32. The lowest BCUT2D eigenvalue weighted by Crippen LogP contribution is -2.62. The molecule has 0 aromatic carbocycles. The van der Waals surface area contributed by atoms with Crippen LogP contribution in [0.4, 0.5) is 10.2 Å². The van der Waals surface area contributed by atoms with Gasteiger partial charge in [0.15, 0.2) is 11.6 Å². The maximum Gasteiger partial charge on any atom is 0.251 e. The van der Waals surface area contributed by atoms with Crippen molar-refractivity contribution in [3.8, 4) is 0 Å². The van der Waals surface area contributed by atoms with E-state index in [0.29, 0.717) is 38.7 Å². The molecule has 25 heavy (non-hydrogen) atoms. The lowest BCUT2D eigenvalue weighted by Gasteiger charge is -2.48. The van der Waals surface area contributed by atoms with Crippen LogP contribution in [-0.4, -0.2) is 66.9 Å². The van der Waals surface area contributed by atoms with E-state index in [0.717, 1.165) is 32.2 Å². The van der Waals surface area contributed by atoms with E-state index in [1.165, 1.54) is 6.07 Å². The van der Waals surface area contributed by atoms with Crippen LogP contribution >= 0.6 is 0 Å². The SMILES string of the molecule is O=C([C@H]1CCCO1)N1CCO[C@]2(CCCN(c3ncccc3F)C2)C1. The molecular formula is C18H24FN3O3. The number of morpholine rings is 1. The Labute approximate surface area is 146 Å². The molecule has 0 radical (unpaired) electrons. The number of carbonyl (C=O) groups is 1. The summed E-state index contributed by atoms with van der Waals surface area (Å²) in [7, 11) is 0. The third kappa shape index (κ3) is 3.35. The summed E-state index contributed by atoms with van der Waals surface area (Å²) in [6.45, 7) is 3.61. The first-order valence-corrected chi connectivity index (χ1v) is 9.07. The summed E-state index contributed by atoms with van der Waals surface area (Å²) in [6, 6.07) is 3.02. The van der Waals surface area contributed by atoms with E-state index in [1.54, 1.807) is 12.3 Å². The minimum Gasteiger partial charge on any atom is -0.369 e. The van der Waals surface area contributed by atoms with Gasteiger partial charge in [-0.15, -0.1) is 0 Å². The van der Waals surface area contributed by atoms with Crippen molar-refractivity contribution in [2.24, 2.45) is 0 Å². The zero-order valence-electron chi connectivity index (χ0n) is 14.3. The molecule has 6 nitrogen and oxygen atoms in total. The van der Waals surface area contributed by atoms with Gasteiger partial charge in [0.2, 0.25) is 0 Å². The first-order chi connectivity index (χ1) is 12.2. The number of amides is 1. The van der Waals surface area contributed by atoms with Crippen LogP contribution < -0.4 is 4.90 Å². The molecule has 0 N–H and O–H groups in total. The summed E-state index contributed by atoms with van der Waals surface area (Å²) in [5, 5.41) is 0. The number of pyridine rings is 1. The van der Waals surface area contributed by atoms with Crippen molar-refractivity contribution in [3.05, 3.63) is 24.1 Å². The summed E-state index contributed by atoms with van der Waals surface area (Å²) in [5.74, 6) is 0.122. The second kappa shape index (κ2) is 6.88. The molecule has 3 aliphatic heterocycles. The Bertz CT molecular complexity index is 634. The number of hydrogen-bond donors (Lipinski definition) is 0. The zero-order valence-corrected chi connectivity index (χ0v) is 14.3. The van der Waals surface area contributed by atoms with Gasteiger partial charge in [0, 0.05) is 25.9 Å². The average molecular weight is 349 g/mol. The van der Waals surface area contributed by atoms with Gasteiger partial charge in [-0.25, -0.2) is 9.37 Å². The van der Waals surface area contributed by atoms with Crippen molar-refractivity contribution >= 4 is 11.7 Å². The molecule has 1 aromatic rings. The Balaban J connectivity index is 1.48. The smallest absolute Gasteiger partial charge is 0.251 e. The second-order valence-electron chi connectivity index (χ2n) is 7.13. The second-order valence-corrected chi connectivity index (χ2v) is 7.13. The van der Waals surface area contributed by atoms with Gasteiger partial charge in [-0.05, 0) is 37.8 Å². The van der Waals surface area contributed by atoms with Crippen LogP contribution in [0.3, 0.4) is 0 Å². The molecular weight excluding hydrogens is 325 g/mol. The monoisotopic (exact) mass is 349 g/mol. The van der Waals surface area contributed by atoms with E-state index < -0.39 is 5.60 Å². The van der Waals surface area contributed by atoms with Crippen LogP contribution in [0.1, 0.15) is 25.7 Å². The molecule has 2 atom stereocenters. The lowest BCUT2D eigenvalue weighted by molar-refractivity contribution is -0.160. The molecule has 4 rings (SSSR count). The van der Waals surface area contributed by atoms with Crippen molar-refractivity contribution in [1.82, 2.24) is 9.88 Å². The molecule has 3 aliphatic rings. The van der Waals surface area contributed by atoms with Crippen LogP contribution in [0.25, 0.3) is 0 Å². The summed E-state index contributed by atoms with van der Waals surface area (Å²) in [6.07, 6.45) is 4.80. The topological polar surface area (TPSA) is 54.9 Å². The summed E-state index contributed by atoms with van der Waals surface area (Å²) in [5.41, 5.74) is -0.450. The highest BCUT2D eigenvalue weighted by Gasteiger charge is 2.43. The molecule has 0 saturated carbocycles. The number of halogens is 1. The molecule has 3 fully saturated rings. The van der Waals surface area contributed by atoms with Crippen LogP contribution in [0.5, 0.6) is 0 Å². The van der Waals surface area contributed by atoms with Crippen LogP contribution in [-0.2, 0) is 14.3 Å². The summed E-state index contributed by atoms with van der Waals surface area (Å²) in [4.78, 5) is 20.7. The van der Waals surface area contributed by atoms with E-state index in [2.05, 4.69) is 4.98 Å². The van der Waals surface area contributed by atoms with Crippen molar-refractivity contribution < 1.29 is 18.7 Å². The third-order valence-corrected chi connectivity index (χ3v) is 5.34. The highest BCUT2D eigenvalue weighted by atomic mass is 19.1. The molecule has 136 valence electrons. The maximum absolute atomic E-state index is 14.1. The first kappa shape index (κ1) is 16.7. The van der Waals surface area contributed by atoms with E-state index >= 15 is 0 Å². The van der Waals surface area contributed by atoms with Crippen molar-refractivity contribution in [2.45, 2.75) is 37.4 Å². The van der Waals surface area contributed by atoms with E-state index in [9.17, 15) is 9.18 Å². The predicted octanol–water partition coefficient (Wildman–Crippen LogP) is 1.60. The Morgan fingerprint density at radius 1 is 1.28 bits per heavy atom. The maximum atomic E-state index is 14.1. The molecule has 4 heterocycles. The molecule has 1 aromatic heterocycles. The lowest BCUT2D eigenvalue weighted by atomic mass is 9.90. The van der Waals surface area contributed by atoms with E-state index in [4.69, 9.17) is 9.47 Å². The number of piperidine rings is 1. The number of ether oxygens (including phenoxy) is 2. The molecule has 0 bridgehead atoms. The highest BCUT2D eigenvalue weighted by molar-refractivity contribution is 5.81. The molecule has 0 aliphatic carbocycles. The normalized spacial score (nSPS) is 30.0. The summed E-state index contributed by atoms with van der Waals surface area (Å²) >= 11 is 0. The standard InChI is InChI=1S/C18H24FN3O3/c19-14-4-1-7-20-16(14)21-8-3-6-18(12-21)13-22(9-11-25-18)17(23)15-5-2-10-24-15/h1,4,7,15H,2-3,5-6,8-13H2/t15-,18+/m1/s1. The van der Waals surface area contributed by atoms with Gasteiger partial charge in [0.05, 0.1) is 19.7 Å². The third-order valence-electron chi connectivity index (χ3n) is 5.34. The average Bonchev–Trinajstić information content (AvgIpc) is 3.16. The van der Waals surface area contributed by atoms with Crippen molar-refractivity contribution in [1.29, 1.82) is 0 Å². The quantitative estimate of drug-likeness (QED) is 0.812.